The van der Waals surface area contributed by atoms with Gasteiger partial charge in [0.2, 0.25) is 35.4 Å². The lowest BCUT2D eigenvalue weighted by molar-refractivity contribution is -0.129. The molecule has 3 aromatic carbocycles. The minimum absolute atomic E-state index is 0.237. The van der Waals surface area contributed by atoms with Crippen molar-refractivity contribution in [1.29, 1.82) is 0 Å². The zero-order valence-electron chi connectivity index (χ0n) is 43.2. The first-order valence-corrected chi connectivity index (χ1v) is 26.0. The van der Waals surface area contributed by atoms with E-state index in [1.807, 2.05) is 0 Å². The Hall–Kier alpha value is -8.82. The first-order valence-electron chi connectivity index (χ1n) is 26.0. The smallest absolute Gasteiger partial charge is 0.322 e. The van der Waals surface area contributed by atoms with Crippen LogP contribution in [0.2, 0.25) is 0 Å². The second-order valence-corrected chi connectivity index (χ2v) is 19.1. The van der Waals surface area contributed by atoms with Crippen LogP contribution < -0.4 is 81.0 Å². The van der Waals surface area contributed by atoms with Gasteiger partial charge in [0.25, 0.3) is 17.7 Å². The predicted octanol–water partition coefficient (Wildman–Crippen LogP) is -0.682. The molecule has 0 radical (unpaired) electrons. The topological polar surface area (TPSA) is 427 Å². The molecule has 18 N–H and O–H groups in total. The molecule has 0 aromatic heterocycles. The second kappa shape index (κ2) is 29.1. The Kier molecular flexibility index (Phi) is 21.9. The monoisotopic (exact) mass is 1090 g/mol. The number of unbranched alkanes of at least 4 members (excludes halogenated alkanes) is 3. The fourth-order valence-corrected chi connectivity index (χ4v) is 8.95. The average Bonchev–Trinajstić information content (AvgIpc) is 4.08. The molecule has 27 nitrogen and oxygen atoms in total. The number of amides is 15. The molecular weight excluding hydrogens is 1030 g/mol. The number of hydrogen-bond donors (Lipinski definition) is 15. The van der Waals surface area contributed by atoms with Crippen molar-refractivity contribution in [1.82, 2.24) is 47.9 Å². The molecule has 79 heavy (non-hydrogen) atoms. The lowest BCUT2D eigenvalue weighted by Crippen LogP contribution is -2.46. The van der Waals surface area contributed by atoms with Gasteiger partial charge in [-0.2, -0.15) is 0 Å². The summed E-state index contributed by atoms with van der Waals surface area (Å²) in [5, 5.41) is 29.9. The molecule has 6 rings (SSSR count). The fourth-order valence-electron chi connectivity index (χ4n) is 8.95. The number of benzene rings is 3. The van der Waals surface area contributed by atoms with Gasteiger partial charge in [-0.3, -0.25) is 59.1 Å². The maximum atomic E-state index is 13.7. The number of hydrogen-bond acceptors (Lipinski definition) is 15. The molecular formula is C52H67N15O12. The maximum Gasteiger partial charge on any atom is 0.322 e. The summed E-state index contributed by atoms with van der Waals surface area (Å²) in [7, 11) is 0. The van der Waals surface area contributed by atoms with Crippen molar-refractivity contribution >= 4 is 88.3 Å². The number of urea groups is 3. The molecule has 0 aliphatic carbocycles. The molecule has 3 unspecified atom stereocenters. The third-order valence-electron chi connectivity index (χ3n) is 13.1. The Balaban J connectivity index is 1.21. The van der Waals surface area contributed by atoms with Gasteiger partial charge >= 0.3 is 18.1 Å². The second-order valence-electron chi connectivity index (χ2n) is 19.1. The highest BCUT2D eigenvalue weighted by molar-refractivity contribution is 6.08. The number of nitrogens with one attached hydrogen (secondary N) is 12. The van der Waals surface area contributed by atoms with Gasteiger partial charge in [-0.25, -0.2) is 14.4 Å². The fraction of sp³-hybridized carbons (Fsp3) is 0.423. The van der Waals surface area contributed by atoms with Gasteiger partial charge in [-0.15, -0.1) is 0 Å². The highest BCUT2D eigenvalue weighted by Crippen LogP contribution is 2.34. The molecule has 3 heterocycles. The summed E-state index contributed by atoms with van der Waals surface area (Å²) < 4.78 is 0. The molecule has 15 amide bonds. The van der Waals surface area contributed by atoms with Crippen molar-refractivity contribution in [2.75, 3.05) is 35.6 Å². The first-order chi connectivity index (χ1) is 37.9. The van der Waals surface area contributed by atoms with Crippen molar-refractivity contribution in [2.45, 2.75) is 119 Å². The highest BCUT2D eigenvalue weighted by Gasteiger charge is 2.35. The van der Waals surface area contributed by atoms with Gasteiger partial charge in [0.15, 0.2) is 0 Å². The summed E-state index contributed by atoms with van der Waals surface area (Å²) in [5.74, 6) is -5.95. The molecule has 0 spiro atoms. The Morgan fingerprint density at radius 3 is 0.861 bits per heavy atom. The summed E-state index contributed by atoms with van der Waals surface area (Å²) in [4.78, 5) is 151. The van der Waals surface area contributed by atoms with Crippen LogP contribution in [0.3, 0.4) is 0 Å². The zero-order valence-corrected chi connectivity index (χ0v) is 43.2. The molecule has 3 saturated heterocycles. The Bertz CT molecular complexity index is 2450. The van der Waals surface area contributed by atoms with E-state index >= 15 is 0 Å². The molecule has 3 aliphatic rings. The van der Waals surface area contributed by atoms with Gasteiger partial charge < -0.3 is 65.1 Å². The number of carbonyl (C=O) groups excluding carboxylic acids is 12. The highest BCUT2D eigenvalue weighted by atomic mass is 16.2. The van der Waals surface area contributed by atoms with Crippen LogP contribution >= 0.6 is 0 Å². The summed E-state index contributed by atoms with van der Waals surface area (Å²) in [5.41, 5.74) is 20.5. The van der Waals surface area contributed by atoms with E-state index in [4.69, 9.17) is 17.2 Å². The Morgan fingerprint density at radius 1 is 0.392 bits per heavy atom. The van der Waals surface area contributed by atoms with Crippen LogP contribution in [0.25, 0.3) is 0 Å². The van der Waals surface area contributed by atoms with Crippen LogP contribution in [-0.2, 0) is 43.2 Å². The van der Waals surface area contributed by atoms with E-state index in [1.165, 1.54) is 0 Å². The molecule has 3 fully saturated rings. The molecule has 3 aromatic rings. The van der Waals surface area contributed by atoms with Crippen LogP contribution in [0.5, 0.6) is 0 Å². The first kappa shape index (κ1) is 59.4. The van der Waals surface area contributed by atoms with Crippen molar-refractivity contribution in [3.8, 4) is 0 Å². The van der Waals surface area contributed by atoms with E-state index in [0.717, 1.165) is 16.7 Å². The lowest BCUT2D eigenvalue weighted by Gasteiger charge is -2.22. The normalized spacial score (nSPS) is 18.0. The van der Waals surface area contributed by atoms with Crippen molar-refractivity contribution in [2.24, 2.45) is 17.2 Å². The van der Waals surface area contributed by atoms with Crippen LogP contribution in [0.15, 0.2) is 72.8 Å². The van der Waals surface area contributed by atoms with Crippen LogP contribution in [0, 0.1) is 0 Å². The number of anilines is 3. The largest absolute Gasteiger partial charge is 0.344 e. The standard InChI is InChI=1S/C52H67N15O12/c53-22-4-1-7-34(59-40(68)25-37-47(74)65-50(77)62-37)44(71)56-31-16-10-28(11-17-31)43(29-12-18-32(19-13-29)57-45(72)35(8-2-5-23-54)60-41(69)26-38-48(75)66-51(78)63-38)30-14-20-33(21-15-30)58-46(73)36(9-3-6-24-55)61-42(70)27-39-49(76)67-52(79)64-39/h10-21,34-39,43H,1-9,22-27,53-55H2,(H,56,71)(H,57,72)(H,58,73)(H,59,68)(H,60,69)(H,61,70)(H2,62,65,74,77)(H2,63,66,75,78)(H2,64,67,76,79)/t34-,35-,36-,37?,38?,39?,43?/m1/s1. The van der Waals surface area contributed by atoms with Gasteiger partial charge in [-0.05, 0) is 131 Å². The summed E-state index contributed by atoms with van der Waals surface area (Å²) >= 11 is 0. The Morgan fingerprint density at radius 2 is 0.646 bits per heavy atom. The third kappa shape index (κ3) is 17.9. The Labute approximate surface area is 453 Å². The minimum atomic E-state index is -1.09. The van der Waals surface area contributed by atoms with E-state index in [9.17, 15) is 57.5 Å². The molecule has 6 atom stereocenters. The number of nitrogens with two attached hydrogens (primary N) is 3. The van der Waals surface area contributed by atoms with Gasteiger partial charge in [0, 0.05) is 23.0 Å². The van der Waals surface area contributed by atoms with Crippen LogP contribution in [0.4, 0.5) is 31.4 Å². The van der Waals surface area contributed by atoms with E-state index in [1.54, 1.807) is 72.8 Å². The van der Waals surface area contributed by atoms with Gasteiger partial charge in [0.05, 0.1) is 19.3 Å². The van der Waals surface area contributed by atoms with Crippen molar-refractivity contribution in [3.63, 3.8) is 0 Å². The molecule has 0 bridgehead atoms. The molecule has 422 valence electrons. The summed E-state index contributed by atoms with van der Waals surface area (Å²) in [6.07, 6.45) is 2.83. The average molecular weight is 1090 g/mol. The summed E-state index contributed by atoms with van der Waals surface area (Å²) in [6, 6.07) is 12.4. The van der Waals surface area contributed by atoms with Crippen molar-refractivity contribution in [3.05, 3.63) is 89.5 Å². The van der Waals surface area contributed by atoms with Gasteiger partial charge in [-0.1, -0.05) is 36.4 Å². The van der Waals surface area contributed by atoms with E-state index in [-0.39, 0.29) is 38.5 Å². The van der Waals surface area contributed by atoms with Crippen LogP contribution in [-0.4, -0.2) is 127 Å². The van der Waals surface area contributed by atoms with E-state index < -0.39 is 113 Å². The third-order valence-corrected chi connectivity index (χ3v) is 13.1. The quantitative estimate of drug-likeness (QED) is 0.0223. The maximum absolute atomic E-state index is 13.7. The lowest BCUT2D eigenvalue weighted by atomic mass is 9.85. The molecule has 27 heteroatoms. The molecule has 3 aliphatic heterocycles. The number of rotatable bonds is 30. The minimum Gasteiger partial charge on any atom is -0.344 e. The predicted molar refractivity (Wildman–Crippen MR) is 286 cm³/mol. The van der Waals surface area contributed by atoms with E-state index in [2.05, 4.69) is 63.8 Å². The molecule has 0 saturated carbocycles. The van der Waals surface area contributed by atoms with E-state index in [0.29, 0.717) is 75.2 Å². The number of carbonyl (C=O) groups is 12. The van der Waals surface area contributed by atoms with Gasteiger partial charge in [0.1, 0.15) is 36.3 Å². The van der Waals surface area contributed by atoms with Crippen molar-refractivity contribution < 1.29 is 57.5 Å². The number of imide groups is 3. The zero-order chi connectivity index (χ0) is 57.0. The summed E-state index contributed by atoms with van der Waals surface area (Å²) in [6.45, 7) is 1.08. The SMILES string of the molecule is NCCCC[C@@H](NC(=O)CC1NC(=O)NC1=O)C(=O)Nc1ccc(C(c2ccc(NC(=O)[C@@H](CCCCN)NC(=O)CC3NC(=O)NC3=O)cc2)c2ccc(NC(=O)[C@@H](CCCCN)NC(=O)CC3NC(=O)NC3=O)cc2)cc1. The van der Waals surface area contributed by atoms with Crippen LogP contribution in [0.1, 0.15) is 99.7 Å².